The van der Waals surface area contributed by atoms with Crippen molar-refractivity contribution in [1.82, 2.24) is 0 Å². The second-order valence-corrected chi connectivity index (χ2v) is 6.44. The highest BCUT2D eigenvalue weighted by atomic mass is 79.9. The van der Waals surface area contributed by atoms with E-state index in [1.165, 1.54) is 11.3 Å². The van der Waals surface area contributed by atoms with Gasteiger partial charge in [-0.2, -0.15) is 0 Å². The number of rotatable bonds is 2. The molecule has 0 aromatic heterocycles. The molecular weight excluding hydrogens is 322 g/mol. The highest BCUT2D eigenvalue weighted by molar-refractivity contribution is 9.10. The molecule has 20 heavy (non-hydrogen) atoms. The predicted molar refractivity (Wildman–Crippen MR) is 80.7 cm³/mol. The quantitative estimate of drug-likeness (QED) is 0.878. The van der Waals surface area contributed by atoms with Gasteiger partial charge in [-0.25, -0.2) is 4.79 Å². The number of carbonyl (C=O) groups is 1. The molecule has 4 nitrogen and oxygen atoms in total. The van der Waals surface area contributed by atoms with Crippen LogP contribution < -0.4 is 9.64 Å². The van der Waals surface area contributed by atoms with Gasteiger partial charge in [0.25, 0.3) is 0 Å². The summed E-state index contributed by atoms with van der Waals surface area (Å²) in [4.78, 5) is 12.9. The van der Waals surface area contributed by atoms with Gasteiger partial charge in [0.05, 0.1) is 16.3 Å². The number of anilines is 1. The molecule has 1 aliphatic heterocycles. The second-order valence-electron chi connectivity index (χ2n) is 5.59. The van der Waals surface area contributed by atoms with Crippen molar-refractivity contribution in [3.05, 3.63) is 22.2 Å². The minimum Gasteiger partial charge on any atom is -0.489 e. The molecule has 108 valence electrons. The number of fused-ring (bicyclic) bond motifs is 1. The number of ether oxygens (including phenoxy) is 1. The Morgan fingerprint density at radius 3 is 2.75 bits per heavy atom. The van der Waals surface area contributed by atoms with E-state index in [2.05, 4.69) is 15.9 Å². The standard InChI is InChI=1S/C15H18BrNO3/c1-9-5-6-11-13(17(9)15(18)19)8-7-12(16)14(11)20-10-3-2-4-10/h7-10H,2-6H2,1H3,(H,18,19). The number of halogens is 1. The molecule has 1 saturated carbocycles. The van der Waals surface area contributed by atoms with Crippen molar-refractivity contribution in [2.24, 2.45) is 0 Å². The Labute approximate surface area is 126 Å². The van der Waals surface area contributed by atoms with Crippen LogP contribution in [-0.2, 0) is 6.42 Å². The van der Waals surface area contributed by atoms with E-state index >= 15 is 0 Å². The summed E-state index contributed by atoms with van der Waals surface area (Å²) in [6.45, 7) is 1.95. The average Bonchev–Trinajstić information content (AvgIpc) is 2.35. The van der Waals surface area contributed by atoms with Gasteiger partial charge in [-0.15, -0.1) is 0 Å². The first-order valence-electron chi connectivity index (χ1n) is 7.08. The van der Waals surface area contributed by atoms with Gasteiger partial charge in [0.2, 0.25) is 0 Å². The Kier molecular flexibility index (Phi) is 3.63. The van der Waals surface area contributed by atoms with Crippen LogP contribution in [0.1, 0.15) is 38.2 Å². The molecule has 2 aliphatic rings. The molecule has 1 aromatic rings. The van der Waals surface area contributed by atoms with Crippen LogP contribution >= 0.6 is 15.9 Å². The third kappa shape index (κ3) is 2.28. The van der Waals surface area contributed by atoms with Crippen LogP contribution in [0.3, 0.4) is 0 Å². The molecule has 1 fully saturated rings. The molecule has 0 bridgehead atoms. The van der Waals surface area contributed by atoms with E-state index in [1.807, 2.05) is 19.1 Å². The highest BCUT2D eigenvalue weighted by Gasteiger charge is 2.32. The fraction of sp³-hybridized carbons (Fsp3) is 0.533. The molecule has 1 amide bonds. The first kappa shape index (κ1) is 13.7. The van der Waals surface area contributed by atoms with Gasteiger partial charge in [0.15, 0.2) is 0 Å². The third-order valence-corrected chi connectivity index (χ3v) is 4.87. The lowest BCUT2D eigenvalue weighted by atomic mass is 9.94. The first-order chi connectivity index (χ1) is 9.58. The molecule has 5 heteroatoms. The third-order valence-electron chi connectivity index (χ3n) is 4.24. The fourth-order valence-electron chi connectivity index (χ4n) is 2.85. The number of carboxylic acid groups (broad SMARTS) is 1. The van der Waals surface area contributed by atoms with Gasteiger partial charge in [0, 0.05) is 11.6 Å². The molecule has 1 aliphatic carbocycles. The summed E-state index contributed by atoms with van der Waals surface area (Å²) in [7, 11) is 0. The molecule has 1 atom stereocenters. The van der Waals surface area contributed by atoms with Crippen molar-refractivity contribution in [3.63, 3.8) is 0 Å². The summed E-state index contributed by atoms with van der Waals surface area (Å²) in [5.41, 5.74) is 1.79. The van der Waals surface area contributed by atoms with Gasteiger partial charge in [0.1, 0.15) is 5.75 Å². The van der Waals surface area contributed by atoms with Crippen LogP contribution in [0.25, 0.3) is 0 Å². The first-order valence-corrected chi connectivity index (χ1v) is 7.87. The zero-order valence-electron chi connectivity index (χ0n) is 11.4. The summed E-state index contributed by atoms with van der Waals surface area (Å²) in [6.07, 6.45) is 4.49. The van der Waals surface area contributed by atoms with Gasteiger partial charge in [-0.05, 0) is 67.1 Å². The lowest BCUT2D eigenvalue weighted by Crippen LogP contribution is -2.41. The highest BCUT2D eigenvalue weighted by Crippen LogP contribution is 2.42. The molecule has 0 spiro atoms. The largest absolute Gasteiger partial charge is 0.489 e. The van der Waals surface area contributed by atoms with Crippen LogP contribution in [0.5, 0.6) is 5.75 Å². The maximum Gasteiger partial charge on any atom is 0.412 e. The van der Waals surface area contributed by atoms with Crippen LogP contribution in [0, 0.1) is 0 Å². The number of hydrogen-bond acceptors (Lipinski definition) is 2. The molecule has 1 heterocycles. The smallest absolute Gasteiger partial charge is 0.412 e. The van der Waals surface area contributed by atoms with E-state index in [9.17, 15) is 9.90 Å². The predicted octanol–water partition coefficient (Wildman–Crippen LogP) is 4.20. The lowest BCUT2D eigenvalue weighted by molar-refractivity contribution is 0.118. The molecule has 0 saturated heterocycles. The van der Waals surface area contributed by atoms with E-state index in [0.717, 1.165) is 47.2 Å². The molecule has 3 rings (SSSR count). The van der Waals surface area contributed by atoms with E-state index in [-0.39, 0.29) is 12.1 Å². The zero-order valence-corrected chi connectivity index (χ0v) is 13.0. The van der Waals surface area contributed by atoms with Gasteiger partial charge in [-0.3, -0.25) is 4.90 Å². The topological polar surface area (TPSA) is 49.8 Å². The van der Waals surface area contributed by atoms with Crippen molar-refractivity contribution in [3.8, 4) is 5.75 Å². The SMILES string of the molecule is CC1CCc2c(ccc(Br)c2OC2CCC2)N1C(=O)O. The van der Waals surface area contributed by atoms with Crippen molar-refractivity contribution in [1.29, 1.82) is 0 Å². The normalized spacial score (nSPS) is 22.1. The minimum absolute atomic E-state index is 0.0118. The Morgan fingerprint density at radius 1 is 1.40 bits per heavy atom. The number of nitrogens with zero attached hydrogens (tertiary/aromatic N) is 1. The van der Waals surface area contributed by atoms with E-state index < -0.39 is 6.09 Å². The Balaban J connectivity index is 2.01. The summed E-state index contributed by atoms with van der Waals surface area (Å²) < 4.78 is 7.00. The number of benzene rings is 1. The molecule has 1 aromatic carbocycles. The number of amides is 1. The summed E-state index contributed by atoms with van der Waals surface area (Å²) in [6, 6.07) is 3.77. The van der Waals surface area contributed by atoms with Crippen LogP contribution in [-0.4, -0.2) is 23.3 Å². The maximum absolute atomic E-state index is 11.5. The van der Waals surface area contributed by atoms with Crippen LogP contribution in [0.4, 0.5) is 10.5 Å². The number of hydrogen-bond donors (Lipinski definition) is 1. The zero-order chi connectivity index (χ0) is 14.3. The maximum atomic E-state index is 11.5. The Hall–Kier alpha value is -1.23. The van der Waals surface area contributed by atoms with Crippen molar-refractivity contribution >= 4 is 27.7 Å². The van der Waals surface area contributed by atoms with E-state index in [1.54, 1.807) is 0 Å². The Morgan fingerprint density at radius 2 is 2.15 bits per heavy atom. The molecular formula is C15H18BrNO3. The molecule has 1 N–H and O–H groups in total. The van der Waals surface area contributed by atoms with Gasteiger partial charge in [-0.1, -0.05) is 0 Å². The Bertz CT molecular complexity index is 542. The van der Waals surface area contributed by atoms with Crippen molar-refractivity contribution < 1.29 is 14.6 Å². The minimum atomic E-state index is -0.893. The van der Waals surface area contributed by atoms with Crippen molar-refractivity contribution in [2.75, 3.05) is 4.90 Å². The second kappa shape index (κ2) is 5.28. The summed E-state index contributed by atoms with van der Waals surface area (Å²) >= 11 is 3.54. The molecule has 0 radical (unpaired) electrons. The van der Waals surface area contributed by atoms with Crippen LogP contribution in [0.15, 0.2) is 16.6 Å². The molecule has 1 unspecified atom stereocenters. The van der Waals surface area contributed by atoms with Gasteiger partial charge < -0.3 is 9.84 Å². The van der Waals surface area contributed by atoms with E-state index in [0.29, 0.717) is 0 Å². The average molecular weight is 340 g/mol. The monoisotopic (exact) mass is 339 g/mol. The van der Waals surface area contributed by atoms with Gasteiger partial charge >= 0.3 is 6.09 Å². The fourth-order valence-corrected chi connectivity index (χ4v) is 3.32. The van der Waals surface area contributed by atoms with Crippen LogP contribution in [0.2, 0.25) is 0 Å². The summed E-state index contributed by atoms with van der Waals surface area (Å²) in [5.74, 6) is 0.838. The summed E-state index contributed by atoms with van der Waals surface area (Å²) in [5, 5.41) is 9.43. The van der Waals surface area contributed by atoms with Crippen molar-refractivity contribution in [2.45, 2.75) is 51.2 Å². The van der Waals surface area contributed by atoms with E-state index in [4.69, 9.17) is 4.74 Å². The lowest BCUT2D eigenvalue weighted by Gasteiger charge is -2.35.